The van der Waals surface area contributed by atoms with E-state index in [1.54, 1.807) is 0 Å². The molecule has 0 aliphatic carbocycles. The molecule has 12 heteroatoms. The molecular formula is C21H6Br9N3. The Morgan fingerprint density at radius 1 is 0.333 bits per heavy atom. The van der Waals surface area contributed by atoms with Gasteiger partial charge in [0.25, 0.3) is 0 Å². The van der Waals surface area contributed by atoms with Crippen LogP contribution < -0.4 is 0 Å². The fraction of sp³-hybridized carbons (Fsp3) is 0. The molecule has 3 aromatic carbocycles. The summed E-state index contributed by atoms with van der Waals surface area (Å²) < 4.78 is 7.84. The Kier molecular flexibility index (Phi) is 9.15. The molecule has 0 unspecified atom stereocenters. The van der Waals surface area contributed by atoms with Gasteiger partial charge in [0.1, 0.15) is 0 Å². The van der Waals surface area contributed by atoms with E-state index < -0.39 is 0 Å². The van der Waals surface area contributed by atoms with Crippen LogP contribution in [0.3, 0.4) is 0 Å². The highest BCUT2D eigenvalue weighted by atomic mass is 79.9. The van der Waals surface area contributed by atoms with Crippen LogP contribution in [-0.4, -0.2) is 15.0 Å². The fourth-order valence-electron chi connectivity index (χ4n) is 2.98. The lowest BCUT2D eigenvalue weighted by molar-refractivity contribution is 1.06. The van der Waals surface area contributed by atoms with Gasteiger partial charge in [-0.05, 0) is 132 Å². The van der Waals surface area contributed by atoms with Crippen molar-refractivity contribution in [2.45, 2.75) is 0 Å². The zero-order chi connectivity index (χ0) is 24.0. The average Bonchev–Trinajstić information content (AvgIpc) is 2.65. The minimum absolute atomic E-state index is 0.518. The second-order valence-electron chi connectivity index (χ2n) is 6.54. The highest BCUT2D eigenvalue weighted by Gasteiger charge is 2.22. The Balaban J connectivity index is 2.08. The fourth-order valence-corrected chi connectivity index (χ4v) is 10.8. The molecule has 4 rings (SSSR count). The van der Waals surface area contributed by atoms with Crippen LogP contribution in [0.25, 0.3) is 34.2 Å². The van der Waals surface area contributed by atoms with Crippen LogP contribution in [0.2, 0.25) is 0 Å². The highest BCUT2D eigenvalue weighted by Crippen LogP contribution is 2.42. The molecule has 0 saturated heterocycles. The number of rotatable bonds is 3. The summed E-state index contributed by atoms with van der Waals surface area (Å²) in [7, 11) is 0. The maximum atomic E-state index is 4.87. The van der Waals surface area contributed by atoms with Crippen molar-refractivity contribution in [3.05, 3.63) is 76.7 Å². The second kappa shape index (κ2) is 11.2. The SMILES string of the molecule is Brc1cc(Br)c(-c2nc(-c3c(Br)cc(Br)cc3Br)nc(-c3c(Br)cc(Br)cc3Br)n2)c(Br)c1. The van der Waals surface area contributed by atoms with Gasteiger partial charge in [0.15, 0.2) is 17.5 Å². The topological polar surface area (TPSA) is 38.7 Å². The zero-order valence-corrected chi connectivity index (χ0v) is 30.0. The van der Waals surface area contributed by atoms with Crippen molar-refractivity contribution in [3.8, 4) is 34.2 Å². The molecule has 0 atom stereocenters. The molecule has 0 N–H and O–H groups in total. The van der Waals surface area contributed by atoms with Gasteiger partial charge in [-0.2, -0.15) is 0 Å². The van der Waals surface area contributed by atoms with Gasteiger partial charge in [-0.15, -0.1) is 0 Å². The van der Waals surface area contributed by atoms with Crippen molar-refractivity contribution in [3.63, 3.8) is 0 Å². The first-order valence-electron chi connectivity index (χ1n) is 8.76. The molecule has 1 aromatic heterocycles. The molecular weight excluding hydrogens is 1010 g/mol. The number of hydrogen-bond donors (Lipinski definition) is 0. The summed E-state index contributed by atoms with van der Waals surface area (Å²) in [5.41, 5.74) is 2.45. The number of aromatic nitrogens is 3. The summed E-state index contributed by atoms with van der Waals surface area (Å²) in [6.07, 6.45) is 0. The molecule has 4 aromatic rings. The summed E-state index contributed by atoms with van der Waals surface area (Å²) in [5.74, 6) is 1.55. The molecule has 33 heavy (non-hydrogen) atoms. The predicted octanol–water partition coefficient (Wildman–Crippen LogP) is 11.7. The third-order valence-corrected chi connectivity index (χ3v) is 9.45. The van der Waals surface area contributed by atoms with Crippen LogP contribution >= 0.6 is 143 Å². The Morgan fingerprint density at radius 3 is 0.697 bits per heavy atom. The highest BCUT2D eigenvalue weighted by molar-refractivity contribution is 9.12. The summed E-state index contributed by atoms with van der Waals surface area (Å²) in [6.45, 7) is 0. The number of nitrogens with zero attached hydrogens (tertiary/aromatic N) is 3. The molecule has 0 aliphatic rings. The zero-order valence-electron chi connectivity index (χ0n) is 15.7. The summed E-state index contributed by atoms with van der Waals surface area (Å²) in [4.78, 5) is 14.6. The van der Waals surface area contributed by atoms with Crippen molar-refractivity contribution in [2.24, 2.45) is 0 Å². The molecule has 168 valence electrons. The van der Waals surface area contributed by atoms with Crippen LogP contribution in [0.1, 0.15) is 0 Å². The lowest BCUT2D eigenvalue weighted by atomic mass is 10.1. The normalized spacial score (nSPS) is 11.2. The van der Waals surface area contributed by atoms with Crippen molar-refractivity contribution >= 4 is 143 Å². The van der Waals surface area contributed by atoms with E-state index in [2.05, 4.69) is 143 Å². The Morgan fingerprint density at radius 2 is 0.515 bits per heavy atom. The van der Waals surface area contributed by atoms with Crippen LogP contribution in [0, 0.1) is 0 Å². The summed E-state index contributed by atoms with van der Waals surface area (Å²) in [6, 6.07) is 11.8. The van der Waals surface area contributed by atoms with Crippen LogP contribution in [0.15, 0.2) is 76.7 Å². The van der Waals surface area contributed by atoms with Crippen molar-refractivity contribution in [1.82, 2.24) is 15.0 Å². The number of halogens is 9. The van der Waals surface area contributed by atoms with E-state index >= 15 is 0 Å². The summed E-state index contributed by atoms with van der Waals surface area (Å²) in [5, 5.41) is 0. The first-order valence-corrected chi connectivity index (χ1v) is 15.9. The largest absolute Gasteiger partial charge is 0.208 e. The van der Waals surface area contributed by atoms with Crippen LogP contribution in [0.5, 0.6) is 0 Å². The minimum Gasteiger partial charge on any atom is -0.208 e. The Bertz CT molecular complexity index is 1170. The molecule has 0 saturated carbocycles. The molecule has 0 bridgehead atoms. The average molecular weight is 1020 g/mol. The van der Waals surface area contributed by atoms with E-state index in [1.807, 2.05) is 36.4 Å². The van der Waals surface area contributed by atoms with E-state index in [0.29, 0.717) is 17.5 Å². The van der Waals surface area contributed by atoms with Crippen molar-refractivity contribution in [1.29, 1.82) is 0 Å². The third-order valence-electron chi connectivity index (χ3n) is 4.33. The minimum atomic E-state index is 0.518. The third kappa shape index (κ3) is 5.95. The van der Waals surface area contributed by atoms with Gasteiger partial charge < -0.3 is 0 Å². The molecule has 1 heterocycles. The smallest absolute Gasteiger partial charge is 0.166 e. The molecule has 0 fully saturated rings. The lowest BCUT2D eigenvalue weighted by Crippen LogP contribution is -2.03. The second-order valence-corrected chi connectivity index (χ2v) is 14.4. The van der Waals surface area contributed by atoms with Gasteiger partial charge in [0.2, 0.25) is 0 Å². The molecule has 0 spiro atoms. The molecule has 0 radical (unpaired) electrons. The number of benzene rings is 3. The van der Waals surface area contributed by atoms with Crippen molar-refractivity contribution < 1.29 is 0 Å². The van der Waals surface area contributed by atoms with E-state index in [9.17, 15) is 0 Å². The standard InChI is InChI=1S/C21H6Br9N3/c22-7-1-10(25)16(11(26)2-7)19-31-20(17-12(27)3-8(23)4-13(17)28)33-21(32-19)18-14(29)5-9(24)6-15(18)30/h1-6H. The first-order chi connectivity index (χ1) is 15.5. The van der Waals surface area contributed by atoms with Gasteiger partial charge in [-0.25, -0.2) is 15.0 Å². The first kappa shape index (κ1) is 27.0. The Hall–Kier alpha value is 0.990. The summed E-state index contributed by atoms with van der Waals surface area (Å²) >= 11 is 32.6. The van der Waals surface area contributed by atoms with Gasteiger partial charge in [0, 0.05) is 56.9 Å². The maximum Gasteiger partial charge on any atom is 0.166 e. The van der Waals surface area contributed by atoms with E-state index in [1.165, 1.54) is 0 Å². The van der Waals surface area contributed by atoms with E-state index in [4.69, 9.17) is 15.0 Å². The van der Waals surface area contributed by atoms with Gasteiger partial charge in [0.05, 0.1) is 0 Å². The van der Waals surface area contributed by atoms with Crippen LogP contribution in [0.4, 0.5) is 0 Å². The number of hydrogen-bond acceptors (Lipinski definition) is 3. The monoisotopic (exact) mass is 1010 g/mol. The Labute approximate surface area is 265 Å². The quantitative estimate of drug-likeness (QED) is 0.205. The van der Waals surface area contributed by atoms with Gasteiger partial charge in [-0.3, -0.25) is 0 Å². The van der Waals surface area contributed by atoms with Crippen LogP contribution in [-0.2, 0) is 0 Å². The van der Waals surface area contributed by atoms with Gasteiger partial charge >= 0.3 is 0 Å². The van der Waals surface area contributed by atoms with Gasteiger partial charge in [-0.1, -0.05) is 47.8 Å². The predicted molar refractivity (Wildman–Crippen MR) is 165 cm³/mol. The van der Waals surface area contributed by atoms with E-state index in [0.717, 1.165) is 56.9 Å². The van der Waals surface area contributed by atoms with Crippen molar-refractivity contribution in [2.75, 3.05) is 0 Å². The molecule has 0 amide bonds. The molecule has 0 aliphatic heterocycles. The molecule has 3 nitrogen and oxygen atoms in total. The van der Waals surface area contributed by atoms with E-state index in [-0.39, 0.29) is 0 Å². The lowest BCUT2D eigenvalue weighted by Gasteiger charge is -2.14. The maximum absolute atomic E-state index is 4.87.